The quantitative estimate of drug-likeness (QED) is 0.232. The first kappa shape index (κ1) is 29.8. The van der Waals surface area contributed by atoms with Gasteiger partial charge in [0.25, 0.3) is 0 Å². The lowest BCUT2D eigenvalue weighted by molar-refractivity contribution is -0.223. The molecule has 40 heavy (non-hydrogen) atoms. The molecule has 1 fully saturated rings. The zero-order chi connectivity index (χ0) is 29.1. The maximum atomic E-state index is 14.9. The second-order valence-electron chi connectivity index (χ2n) is 10.3. The van der Waals surface area contributed by atoms with Gasteiger partial charge in [0.05, 0.1) is 23.4 Å². The topological polar surface area (TPSA) is 22.1 Å². The van der Waals surface area contributed by atoms with Gasteiger partial charge in [-0.05, 0) is 75.1 Å². The molecule has 2 aromatic rings. The maximum Gasteiger partial charge on any atom is 0.419 e. The summed E-state index contributed by atoms with van der Waals surface area (Å²) in [6.45, 7) is 3.69. The van der Waals surface area contributed by atoms with Crippen LogP contribution < -0.4 is 4.74 Å². The molecular weight excluding hydrogens is 542 g/mol. The van der Waals surface area contributed by atoms with E-state index < -0.39 is 53.1 Å². The highest BCUT2D eigenvalue weighted by Gasteiger charge is 2.45. The van der Waals surface area contributed by atoms with Crippen LogP contribution >= 0.6 is 0 Å². The Balaban J connectivity index is 1.35. The summed E-state index contributed by atoms with van der Waals surface area (Å²) in [5.74, 6) is -5.82. The number of rotatable bonds is 8. The van der Waals surface area contributed by atoms with Gasteiger partial charge in [-0.25, -0.2) is 13.2 Å². The molecule has 10 heteroatoms. The number of pyridine rings is 1. The second-order valence-corrected chi connectivity index (χ2v) is 10.3. The smallest absolute Gasteiger partial charge is 0.419 e. The number of allylic oxidation sites excluding steroid dienone is 5. The number of halogens is 8. The van der Waals surface area contributed by atoms with Crippen molar-refractivity contribution >= 4 is 0 Å². The zero-order valence-corrected chi connectivity index (χ0v) is 21.5. The molecule has 2 aliphatic rings. The normalized spacial score (nSPS) is 24.4. The number of hydrogen-bond acceptors (Lipinski definition) is 2. The van der Waals surface area contributed by atoms with Crippen molar-refractivity contribution in [1.29, 1.82) is 0 Å². The van der Waals surface area contributed by atoms with Crippen LogP contribution in [0.5, 0.6) is 5.75 Å². The number of hydrogen-bond donors (Lipinski definition) is 0. The molecule has 1 saturated carbocycles. The Kier molecular flexibility index (Phi) is 9.05. The Bertz CT molecular complexity index is 1240. The largest absolute Gasteiger partial charge is 0.431 e. The van der Waals surface area contributed by atoms with Gasteiger partial charge in [0.15, 0.2) is 0 Å². The van der Waals surface area contributed by atoms with Crippen molar-refractivity contribution in [3.63, 3.8) is 0 Å². The van der Waals surface area contributed by atoms with Crippen molar-refractivity contribution in [3.8, 4) is 17.0 Å². The van der Waals surface area contributed by atoms with Gasteiger partial charge in [-0.1, -0.05) is 24.3 Å². The Morgan fingerprint density at radius 1 is 0.925 bits per heavy atom. The summed E-state index contributed by atoms with van der Waals surface area (Å²) in [5.41, 5.74) is -1.33. The van der Waals surface area contributed by atoms with Crippen molar-refractivity contribution in [2.45, 2.75) is 57.2 Å². The standard InChI is InChI=1S/C30H29F8NO/c1-2-3-18-4-6-19(7-5-18)27(32)28(33)20-8-11-22(12-9-20)30(37,38)40-23-13-15-26(39-17-23)21-10-14-24(25(31)16-21)29(34,35)36/h2,4,6,10,13-20,22H,1,3,5,7-9,11-12H2/b28-27+. The first-order valence-electron chi connectivity index (χ1n) is 13.1. The molecule has 1 aromatic carbocycles. The first-order valence-corrected chi connectivity index (χ1v) is 13.1. The number of alkyl halides is 5. The highest BCUT2D eigenvalue weighted by molar-refractivity contribution is 5.60. The van der Waals surface area contributed by atoms with Gasteiger partial charge >= 0.3 is 12.3 Å². The molecule has 216 valence electrons. The Labute approximate surface area is 227 Å². The average Bonchev–Trinajstić information content (AvgIpc) is 2.92. The van der Waals surface area contributed by atoms with E-state index in [2.05, 4.69) is 11.6 Å². The van der Waals surface area contributed by atoms with Gasteiger partial charge in [-0.3, -0.25) is 4.98 Å². The van der Waals surface area contributed by atoms with Crippen LogP contribution in [0.25, 0.3) is 11.3 Å². The molecule has 0 bridgehead atoms. The van der Waals surface area contributed by atoms with Gasteiger partial charge in [0.2, 0.25) is 0 Å². The van der Waals surface area contributed by atoms with E-state index >= 15 is 0 Å². The van der Waals surface area contributed by atoms with E-state index in [1.807, 2.05) is 6.08 Å². The van der Waals surface area contributed by atoms with Crippen LogP contribution in [0.15, 0.2) is 73.0 Å². The minimum absolute atomic E-state index is 0.0322. The van der Waals surface area contributed by atoms with E-state index in [1.165, 1.54) is 6.07 Å². The van der Waals surface area contributed by atoms with Crippen molar-refractivity contribution in [1.82, 2.24) is 4.98 Å². The van der Waals surface area contributed by atoms with Gasteiger partial charge in [0.1, 0.15) is 23.2 Å². The van der Waals surface area contributed by atoms with Crippen LogP contribution in [0.1, 0.15) is 50.5 Å². The highest BCUT2D eigenvalue weighted by Crippen LogP contribution is 2.44. The SMILES string of the molecule is C=CCC1C=CC(/C(F)=C(\F)C2CCC(C(F)(F)Oc3ccc(-c4ccc(C(F)(F)F)c(F)c4)nc3)CC2)CC1. The summed E-state index contributed by atoms with van der Waals surface area (Å²) in [5, 5.41) is 0. The van der Waals surface area contributed by atoms with Crippen LogP contribution in [-0.2, 0) is 6.18 Å². The molecule has 1 aromatic heterocycles. The summed E-state index contributed by atoms with van der Waals surface area (Å²) in [6, 6.07) is 4.66. The lowest BCUT2D eigenvalue weighted by Crippen LogP contribution is -2.37. The Hall–Kier alpha value is -3.17. The third-order valence-corrected chi connectivity index (χ3v) is 7.61. The third-order valence-electron chi connectivity index (χ3n) is 7.61. The molecule has 2 aliphatic carbocycles. The summed E-state index contributed by atoms with van der Waals surface area (Å²) in [4.78, 5) is 3.91. The number of aromatic nitrogens is 1. The summed E-state index contributed by atoms with van der Waals surface area (Å²) in [7, 11) is 0. The molecule has 2 atom stereocenters. The molecule has 0 saturated heterocycles. The molecule has 1 heterocycles. The van der Waals surface area contributed by atoms with Crippen molar-refractivity contribution in [2.24, 2.45) is 23.7 Å². The monoisotopic (exact) mass is 571 g/mol. The average molecular weight is 572 g/mol. The molecule has 2 nitrogen and oxygen atoms in total. The summed E-state index contributed by atoms with van der Waals surface area (Å²) in [6.07, 6.45) is -0.215. The van der Waals surface area contributed by atoms with E-state index in [4.69, 9.17) is 4.74 Å². The van der Waals surface area contributed by atoms with Crippen LogP contribution in [0, 0.1) is 29.5 Å². The molecule has 0 N–H and O–H groups in total. The van der Waals surface area contributed by atoms with E-state index in [0.717, 1.165) is 31.2 Å². The predicted octanol–water partition coefficient (Wildman–Crippen LogP) is 9.99. The molecule has 0 radical (unpaired) electrons. The van der Waals surface area contributed by atoms with E-state index in [1.54, 1.807) is 12.2 Å². The molecule has 0 spiro atoms. The Morgan fingerprint density at radius 2 is 1.65 bits per heavy atom. The van der Waals surface area contributed by atoms with Crippen LogP contribution in [0.4, 0.5) is 35.1 Å². The second kappa shape index (κ2) is 12.1. The van der Waals surface area contributed by atoms with Gasteiger partial charge < -0.3 is 4.74 Å². The molecule has 0 amide bonds. The van der Waals surface area contributed by atoms with Crippen molar-refractivity contribution < 1.29 is 39.9 Å². The summed E-state index contributed by atoms with van der Waals surface area (Å²) < 4.78 is 117. The number of ether oxygens (including phenoxy) is 1. The van der Waals surface area contributed by atoms with Gasteiger partial charge in [-0.2, -0.15) is 22.0 Å². The van der Waals surface area contributed by atoms with Gasteiger partial charge in [0, 0.05) is 17.4 Å². The lowest BCUT2D eigenvalue weighted by Gasteiger charge is -2.33. The van der Waals surface area contributed by atoms with Crippen LogP contribution in [0.3, 0.4) is 0 Å². The first-order chi connectivity index (χ1) is 18.9. The van der Waals surface area contributed by atoms with Gasteiger partial charge in [-0.15, -0.1) is 6.58 Å². The molecule has 2 unspecified atom stereocenters. The molecular formula is C30H29F8NO. The van der Waals surface area contributed by atoms with E-state index in [9.17, 15) is 35.1 Å². The van der Waals surface area contributed by atoms with Crippen molar-refractivity contribution in [3.05, 3.63) is 84.4 Å². The van der Waals surface area contributed by atoms with E-state index in [0.29, 0.717) is 18.6 Å². The molecule has 4 rings (SSSR count). The minimum Gasteiger partial charge on any atom is -0.431 e. The fourth-order valence-corrected chi connectivity index (χ4v) is 5.31. The highest BCUT2D eigenvalue weighted by atomic mass is 19.4. The lowest BCUT2D eigenvalue weighted by atomic mass is 9.79. The van der Waals surface area contributed by atoms with Crippen molar-refractivity contribution in [2.75, 3.05) is 0 Å². The maximum absolute atomic E-state index is 14.9. The summed E-state index contributed by atoms with van der Waals surface area (Å²) >= 11 is 0. The molecule has 0 aliphatic heterocycles. The van der Waals surface area contributed by atoms with E-state index in [-0.39, 0.29) is 48.6 Å². The number of nitrogens with zero attached hydrogens (tertiary/aromatic N) is 1. The van der Waals surface area contributed by atoms with Crippen LogP contribution in [0.2, 0.25) is 0 Å². The Morgan fingerprint density at radius 3 is 2.20 bits per heavy atom. The third kappa shape index (κ3) is 6.93. The van der Waals surface area contributed by atoms with Crippen LogP contribution in [-0.4, -0.2) is 11.1 Å². The minimum atomic E-state index is -4.85. The predicted molar refractivity (Wildman–Crippen MR) is 135 cm³/mol. The fourth-order valence-electron chi connectivity index (χ4n) is 5.31. The number of benzene rings is 1. The fraction of sp³-hybridized carbons (Fsp3) is 0.433. The zero-order valence-electron chi connectivity index (χ0n) is 21.5.